The third kappa shape index (κ3) is 4.84. The van der Waals surface area contributed by atoms with Gasteiger partial charge in [-0.1, -0.05) is 23.7 Å². The predicted molar refractivity (Wildman–Crippen MR) is 114 cm³/mol. The summed E-state index contributed by atoms with van der Waals surface area (Å²) in [6.07, 6.45) is 1.63. The van der Waals surface area contributed by atoms with E-state index in [4.69, 9.17) is 16.7 Å². The molecule has 0 bridgehead atoms. The van der Waals surface area contributed by atoms with Gasteiger partial charge in [-0.2, -0.15) is 0 Å². The molecule has 0 unspecified atom stereocenters. The van der Waals surface area contributed by atoms with Crippen LogP contribution in [0.15, 0.2) is 35.3 Å². The number of nitrogens with zero attached hydrogens (tertiary/aromatic N) is 2. The van der Waals surface area contributed by atoms with Crippen LogP contribution in [0.25, 0.3) is 11.0 Å². The third-order valence-electron chi connectivity index (χ3n) is 4.74. The van der Waals surface area contributed by atoms with Crippen molar-refractivity contribution in [2.24, 2.45) is 0 Å². The molecule has 0 aliphatic rings. The molecule has 164 valence electrons. The minimum atomic E-state index is -1.40. The minimum absolute atomic E-state index is 0.0302. The fraction of sp³-hybridized carbons (Fsp3) is 0.286. The Morgan fingerprint density at radius 3 is 2.68 bits per heavy atom. The number of aliphatic hydroxyl groups excluding tert-OH is 2. The highest BCUT2D eigenvalue weighted by Crippen LogP contribution is 2.26. The highest BCUT2D eigenvalue weighted by Gasteiger charge is 2.19. The molecule has 0 aliphatic carbocycles. The molecule has 8 nitrogen and oxygen atoms in total. The lowest BCUT2D eigenvalue weighted by molar-refractivity contribution is 0.0694. The summed E-state index contributed by atoms with van der Waals surface area (Å²) < 4.78 is 15.9. The molecule has 0 amide bonds. The first-order valence-corrected chi connectivity index (χ1v) is 9.94. The fourth-order valence-electron chi connectivity index (χ4n) is 3.25. The first kappa shape index (κ1) is 22.7. The van der Waals surface area contributed by atoms with E-state index in [2.05, 4.69) is 10.3 Å². The zero-order valence-electron chi connectivity index (χ0n) is 16.4. The molecule has 0 fully saturated rings. The number of carbonyl (C=O) groups is 1. The van der Waals surface area contributed by atoms with Gasteiger partial charge in [0, 0.05) is 32.3 Å². The SMILES string of the molecule is O=C(O)c1cn(CCO)c2nc(NCCCO)c(Cc3cccc(Cl)c3F)cc2c1=O. The van der Waals surface area contributed by atoms with Crippen LogP contribution in [0.2, 0.25) is 5.02 Å². The summed E-state index contributed by atoms with van der Waals surface area (Å²) in [6.45, 7) is 0.0668. The summed E-state index contributed by atoms with van der Waals surface area (Å²) in [5.41, 5.74) is -0.251. The number of hydrogen-bond donors (Lipinski definition) is 4. The van der Waals surface area contributed by atoms with Crippen molar-refractivity contribution in [3.63, 3.8) is 0 Å². The Labute approximate surface area is 181 Å². The molecule has 4 N–H and O–H groups in total. The zero-order chi connectivity index (χ0) is 22.5. The molecule has 0 aliphatic heterocycles. The lowest BCUT2D eigenvalue weighted by Crippen LogP contribution is -2.21. The van der Waals surface area contributed by atoms with Gasteiger partial charge in [-0.3, -0.25) is 4.79 Å². The standard InChI is InChI=1S/C21H21ClFN3O5/c22-16-4-1-3-12(17(16)23)9-13-10-14-18(29)15(21(30)31)11-26(6-8-28)20(14)25-19(13)24-5-2-7-27/h1,3-4,10-11,27-28H,2,5-9H2,(H,24,25)(H,30,31). The number of hydrogen-bond acceptors (Lipinski definition) is 6. The van der Waals surface area contributed by atoms with Gasteiger partial charge in [0.1, 0.15) is 22.8 Å². The van der Waals surface area contributed by atoms with E-state index in [0.29, 0.717) is 24.3 Å². The Morgan fingerprint density at radius 2 is 2.00 bits per heavy atom. The Bertz CT molecular complexity index is 1180. The summed E-state index contributed by atoms with van der Waals surface area (Å²) >= 11 is 5.88. The van der Waals surface area contributed by atoms with Gasteiger partial charge in [-0.15, -0.1) is 0 Å². The van der Waals surface area contributed by atoms with Gasteiger partial charge in [-0.25, -0.2) is 14.2 Å². The van der Waals surface area contributed by atoms with E-state index in [9.17, 15) is 24.2 Å². The van der Waals surface area contributed by atoms with E-state index < -0.39 is 22.8 Å². The van der Waals surface area contributed by atoms with Gasteiger partial charge in [-0.05, 0) is 29.7 Å². The van der Waals surface area contributed by atoms with Gasteiger partial charge >= 0.3 is 5.97 Å². The number of aromatic nitrogens is 2. The zero-order valence-corrected chi connectivity index (χ0v) is 17.2. The molecule has 2 heterocycles. The van der Waals surface area contributed by atoms with Crippen LogP contribution < -0.4 is 10.7 Å². The number of benzene rings is 1. The molecular formula is C21H21ClFN3O5. The largest absolute Gasteiger partial charge is 0.477 e. The summed E-state index contributed by atoms with van der Waals surface area (Å²) in [5.74, 6) is -1.64. The molecule has 31 heavy (non-hydrogen) atoms. The van der Waals surface area contributed by atoms with Crippen molar-refractivity contribution in [1.82, 2.24) is 9.55 Å². The second kappa shape index (κ2) is 9.86. The van der Waals surface area contributed by atoms with Crippen LogP contribution in [0.4, 0.5) is 10.2 Å². The second-order valence-corrected chi connectivity index (χ2v) is 7.26. The number of nitrogens with one attached hydrogen (secondary N) is 1. The highest BCUT2D eigenvalue weighted by molar-refractivity contribution is 6.30. The maximum absolute atomic E-state index is 14.5. The number of halogens is 2. The van der Waals surface area contributed by atoms with Gasteiger partial charge in [0.05, 0.1) is 17.0 Å². The lowest BCUT2D eigenvalue weighted by Gasteiger charge is -2.16. The molecule has 0 radical (unpaired) electrons. The van der Waals surface area contributed by atoms with Gasteiger partial charge in [0.25, 0.3) is 0 Å². The first-order valence-electron chi connectivity index (χ1n) is 9.56. The Balaban J connectivity index is 2.23. The number of carboxylic acids is 1. The van der Waals surface area contributed by atoms with Gasteiger partial charge < -0.3 is 25.2 Å². The van der Waals surface area contributed by atoms with Crippen LogP contribution in [0, 0.1) is 5.82 Å². The molecule has 3 rings (SSSR count). The average Bonchev–Trinajstić information content (AvgIpc) is 2.74. The fourth-order valence-corrected chi connectivity index (χ4v) is 3.44. The monoisotopic (exact) mass is 449 g/mol. The Hall–Kier alpha value is -3.01. The summed E-state index contributed by atoms with van der Waals surface area (Å²) in [5, 5.41) is 30.9. The van der Waals surface area contributed by atoms with Gasteiger partial charge in [0.15, 0.2) is 0 Å². The molecule has 3 aromatic rings. The van der Waals surface area contributed by atoms with Crippen LogP contribution in [-0.2, 0) is 13.0 Å². The van der Waals surface area contributed by atoms with E-state index in [1.165, 1.54) is 16.7 Å². The van der Waals surface area contributed by atoms with Crippen molar-refractivity contribution in [2.75, 3.05) is 25.1 Å². The first-order chi connectivity index (χ1) is 14.9. The molecule has 2 aromatic heterocycles. The predicted octanol–water partition coefficient (Wildman–Crippen LogP) is 2.26. The molecule has 0 saturated carbocycles. The van der Waals surface area contributed by atoms with Crippen molar-refractivity contribution in [3.05, 3.63) is 68.2 Å². The maximum atomic E-state index is 14.5. The number of carboxylic acid groups (broad SMARTS) is 1. The number of fused-ring (bicyclic) bond motifs is 1. The summed E-state index contributed by atoms with van der Waals surface area (Å²) in [6, 6.07) is 6.06. The maximum Gasteiger partial charge on any atom is 0.341 e. The Kier molecular flexibility index (Phi) is 7.21. The third-order valence-corrected chi connectivity index (χ3v) is 5.03. The van der Waals surface area contributed by atoms with Gasteiger partial charge in [0.2, 0.25) is 5.43 Å². The molecule has 0 spiro atoms. The van der Waals surface area contributed by atoms with E-state index in [0.717, 1.165) is 6.20 Å². The van der Waals surface area contributed by atoms with Crippen molar-refractivity contribution < 1.29 is 24.5 Å². The van der Waals surface area contributed by atoms with Crippen LogP contribution in [0.1, 0.15) is 27.9 Å². The van der Waals surface area contributed by atoms with Crippen molar-refractivity contribution in [1.29, 1.82) is 0 Å². The molecular weight excluding hydrogens is 429 g/mol. The average molecular weight is 450 g/mol. The number of rotatable bonds is 9. The van der Waals surface area contributed by atoms with Crippen molar-refractivity contribution >= 4 is 34.4 Å². The summed E-state index contributed by atoms with van der Waals surface area (Å²) in [7, 11) is 0. The molecule has 0 saturated heterocycles. The minimum Gasteiger partial charge on any atom is -0.477 e. The van der Waals surface area contributed by atoms with E-state index in [1.54, 1.807) is 12.1 Å². The van der Waals surface area contributed by atoms with E-state index in [1.807, 2.05) is 0 Å². The number of pyridine rings is 2. The molecule has 10 heteroatoms. The number of aromatic carboxylic acids is 1. The number of anilines is 1. The van der Waals surface area contributed by atoms with Crippen LogP contribution in [0.5, 0.6) is 0 Å². The smallest absolute Gasteiger partial charge is 0.341 e. The van der Waals surface area contributed by atoms with Crippen LogP contribution in [0.3, 0.4) is 0 Å². The Morgan fingerprint density at radius 1 is 1.23 bits per heavy atom. The quantitative estimate of drug-likeness (QED) is 0.369. The lowest BCUT2D eigenvalue weighted by atomic mass is 10.0. The second-order valence-electron chi connectivity index (χ2n) is 6.85. The van der Waals surface area contributed by atoms with Crippen LogP contribution >= 0.6 is 11.6 Å². The number of aliphatic hydroxyl groups is 2. The molecule has 0 atom stereocenters. The van der Waals surface area contributed by atoms with E-state index >= 15 is 0 Å². The van der Waals surface area contributed by atoms with E-state index in [-0.39, 0.29) is 47.8 Å². The highest BCUT2D eigenvalue weighted by atomic mass is 35.5. The van der Waals surface area contributed by atoms with Crippen molar-refractivity contribution in [2.45, 2.75) is 19.4 Å². The normalized spacial score (nSPS) is 11.1. The summed E-state index contributed by atoms with van der Waals surface area (Å²) in [4.78, 5) is 28.8. The topological polar surface area (TPSA) is 125 Å². The van der Waals surface area contributed by atoms with Crippen molar-refractivity contribution in [3.8, 4) is 0 Å². The van der Waals surface area contributed by atoms with Crippen LogP contribution in [-0.4, -0.2) is 50.6 Å². The molecule has 1 aromatic carbocycles.